The van der Waals surface area contributed by atoms with Crippen LogP contribution in [-0.2, 0) is 32.7 Å². The molecule has 0 aromatic carbocycles. The van der Waals surface area contributed by atoms with E-state index in [0.29, 0.717) is 6.42 Å². The minimum Gasteiger partial charge on any atom is -0.462 e. The molecule has 0 aromatic rings. The number of unbranched alkanes of at least 4 members (excludes halogenated alkanes) is 23. The number of phosphoric acid groups is 1. The van der Waals surface area contributed by atoms with Crippen LogP contribution in [0.3, 0.4) is 0 Å². The lowest BCUT2D eigenvalue weighted by Crippen LogP contribution is -2.29. The van der Waals surface area contributed by atoms with Crippen molar-refractivity contribution in [2.45, 2.75) is 200 Å². The number of rotatable bonds is 38. The van der Waals surface area contributed by atoms with Crippen LogP contribution in [0.4, 0.5) is 0 Å². The number of allylic oxidation sites excluding steroid dienone is 2. The first kappa shape index (κ1) is 47.8. The molecule has 0 fully saturated rings. The summed E-state index contributed by atoms with van der Waals surface area (Å²) in [6.07, 6.45) is 35.4. The van der Waals surface area contributed by atoms with Crippen molar-refractivity contribution in [1.29, 1.82) is 0 Å². The normalized spacial score (nSPS) is 13.5. The quantitative estimate of drug-likeness (QED) is 0.0277. The molecule has 0 rings (SSSR count). The molecule has 9 nitrogen and oxygen atoms in total. The molecule has 290 valence electrons. The van der Waals surface area contributed by atoms with Gasteiger partial charge in [0, 0.05) is 19.4 Å². The Labute approximate surface area is 300 Å². The van der Waals surface area contributed by atoms with E-state index in [1.54, 1.807) is 0 Å². The van der Waals surface area contributed by atoms with Crippen molar-refractivity contribution in [3.63, 3.8) is 0 Å². The highest BCUT2D eigenvalue weighted by Crippen LogP contribution is 2.43. The van der Waals surface area contributed by atoms with Gasteiger partial charge >= 0.3 is 19.8 Å². The van der Waals surface area contributed by atoms with Crippen LogP contribution in [-0.4, -0.2) is 49.3 Å². The Bertz CT molecular complexity index is 825. The van der Waals surface area contributed by atoms with Gasteiger partial charge in [0.15, 0.2) is 6.10 Å². The Kier molecular flexibility index (Phi) is 35.6. The largest absolute Gasteiger partial charge is 0.472 e. The molecule has 49 heavy (non-hydrogen) atoms. The highest BCUT2D eigenvalue weighted by molar-refractivity contribution is 7.47. The van der Waals surface area contributed by atoms with E-state index in [1.165, 1.54) is 128 Å². The van der Waals surface area contributed by atoms with Gasteiger partial charge in [0.1, 0.15) is 6.61 Å². The predicted molar refractivity (Wildman–Crippen MR) is 201 cm³/mol. The molecule has 10 heteroatoms. The van der Waals surface area contributed by atoms with Gasteiger partial charge in [-0.25, -0.2) is 4.57 Å². The highest BCUT2D eigenvalue weighted by atomic mass is 31.2. The maximum atomic E-state index is 12.5. The Morgan fingerprint density at radius 3 is 1.53 bits per heavy atom. The van der Waals surface area contributed by atoms with E-state index in [-0.39, 0.29) is 38.6 Å². The lowest BCUT2D eigenvalue weighted by molar-refractivity contribution is -0.161. The van der Waals surface area contributed by atoms with E-state index in [0.717, 1.165) is 32.1 Å². The summed E-state index contributed by atoms with van der Waals surface area (Å²) in [6, 6.07) is 0. The number of hydrogen-bond donors (Lipinski definition) is 2. The fraction of sp³-hybridized carbons (Fsp3) is 0.897. The van der Waals surface area contributed by atoms with Gasteiger partial charge in [0.2, 0.25) is 0 Å². The molecule has 0 saturated heterocycles. The Balaban J connectivity index is 4.21. The van der Waals surface area contributed by atoms with Crippen LogP contribution in [0.2, 0.25) is 0 Å². The zero-order valence-electron chi connectivity index (χ0n) is 31.7. The van der Waals surface area contributed by atoms with E-state index in [9.17, 15) is 19.0 Å². The lowest BCUT2D eigenvalue weighted by Gasteiger charge is -2.19. The molecular weight excluding hydrogens is 641 g/mol. The van der Waals surface area contributed by atoms with Crippen LogP contribution in [0.5, 0.6) is 0 Å². The SMILES string of the molecule is CCCCCCCCCCCCC/C=C/CCC(=O)O[C@H](COC(=O)CCCCCCCCCCCCCCC)COP(=O)(O)OCCN. The van der Waals surface area contributed by atoms with Crippen molar-refractivity contribution in [2.24, 2.45) is 5.73 Å². The fourth-order valence-electron chi connectivity index (χ4n) is 5.65. The highest BCUT2D eigenvalue weighted by Gasteiger charge is 2.25. The van der Waals surface area contributed by atoms with Crippen molar-refractivity contribution in [3.8, 4) is 0 Å². The monoisotopic (exact) mass is 718 g/mol. The first-order valence-corrected chi connectivity index (χ1v) is 21.7. The molecule has 0 aromatic heterocycles. The second kappa shape index (κ2) is 36.5. The molecule has 0 aliphatic rings. The third kappa shape index (κ3) is 36.3. The zero-order chi connectivity index (χ0) is 36.1. The maximum Gasteiger partial charge on any atom is 0.472 e. The number of ether oxygens (including phenoxy) is 2. The predicted octanol–water partition coefficient (Wildman–Crippen LogP) is 11.1. The van der Waals surface area contributed by atoms with Gasteiger partial charge in [-0.1, -0.05) is 167 Å². The number of phosphoric ester groups is 1. The molecule has 0 aliphatic carbocycles. The summed E-state index contributed by atoms with van der Waals surface area (Å²) in [7, 11) is -4.37. The van der Waals surface area contributed by atoms with Gasteiger partial charge in [-0.05, 0) is 25.7 Å². The topological polar surface area (TPSA) is 134 Å². The summed E-state index contributed by atoms with van der Waals surface area (Å²) in [5, 5.41) is 0. The third-order valence-electron chi connectivity index (χ3n) is 8.66. The number of carbonyl (C=O) groups excluding carboxylic acids is 2. The summed E-state index contributed by atoms with van der Waals surface area (Å²) in [5.74, 6) is -0.878. The maximum absolute atomic E-state index is 12.5. The van der Waals surface area contributed by atoms with Crippen LogP contribution in [0.25, 0.3) is 0 Å². The smallest absolute Gasteiger partial charge is 0.462 e. The second-order valence-corrected chi connectivity index (χ2v) is 15.0. The van der Waals surface area contributed by atoms with Gasteiger partial charge in [0.05, 0.1) is 13.2 Å². The molecule has 0 spiro atoms. The van der Waals surface area contributed by atoms with E-state index in [4.69, 9.17) is 24.3 Å². The third-order valence-corrected chi connectivity index (χ3v) is 9.65. The first-order chi connectivity index (χ1) is 23.8. The Morgan fingerprint density at radius 2 is 1.04 bits per heavy atom. The van der Waals surface area contributed by atoms with Crippen LogP contribution in [0.1, 0.15) is 194 Å². The average molecular weight is 718 g/mol. The number of carbonyl (C=O) groups is 2. The molecule has 2 atom stereocenters. The molecule has 0 saturated carbocycles. The molecule has 0 heterocycles. The minimum absolute atomic E-state index is 0.0515. The summed E-state index contributed by atoms with van der Waals surface area (Å²) in [6.45, 7) is 3.70. The van der Waals surface area contributed by atoms with Crippen LogP contribution in [0.15, 0.2) is 12.2 Å². The average Bonchev–Trinajstić information content (AvgIpc) is 3.08. The minimum atomic E-state index is -4.37. The number of esters is 2. The number of nitrogens with two attached hydrogens (primary N) is 1. The lowest BCUT2D eigenvalue weighted by atomic mass is 10.0. The van der Waals surface area contributed by atoms with Crippen molar-refractivity contribution in [3.05, 3.63) is 12.2 Å². The molecule has 0 amide bonds. The van der Waals surface area contributed by atoms with Gasteiger partial charge in [0.25, 0.3) is 0 Å². The molecule has 0 bridgehead atoms. The summed E-state index contributed by atoms with van der Waals surface area (Å²) in [4.78, 5) is 34.7. The number of hydrogen-bond acceptors (Lipinski definition) is 8. The standard InChI is InChI=1S/C39H76NO8P/c1-3-5-7-9-11-13-15-17-18-20-22-24-26-28-30-32-39(42)48-37(36-47-49(43,44)46-34-33-40)35-45-38(41)31-29-27-25-23-21-19-16-14-12-10-8-6-4-2/h26,28,37H,3-25,27,29-36,40H2,1-2H3,(H,43,44)/b28-26+/t37-/m1/s1. The summed E-state index contributed by atoms with van der Waals surface area (Å²) in [5.41, 5.74) is 5.33. The van der Waals surface area contributed by atoms with Crippen molar-refractivity contribution in [2.75, 3.05) is 26.4 Å². The van der Waals surface area contributed by atoms with Crippen LogP contribution >= 0.6 is 7.82 Å². The second-order valence-electron chi connectivity index (χ2n) is 13.5. The molecule has 1 unspecified atom stereocenters. The first-order valence-electron chi connectivity index (χ1n) is 20.2. The molecular formula is C39H76NO8P. The van der Waals surface area contributed by atoms with Crippen molar-refractivity contribution < 1.29 is 37.6 Å². The van der Waals surface area contributed by atoms with Crippen molar-refractivity contribution in [1.82, 2.24) is 0 Å². The van der Waals surface area contributed by atoms with E-state index < -0.39 is 26.5 Å². The zero-order valence-corrected chi connectivity index (χ0v) is 32.6. The fourth-order valence-corrected chi connectivity index (χ4v) is 6.42. The van der Waals surface area contributed by atoms with Crippen LogP contribution in [0, 0.1) is 0 Å². The molecule has 0 radical (unpaired) electrons. The molecule has 3 N–H and O–H groups in total. The van der Waals surface area contributed by atoms with E-state index in [1.807, 2.05) is 6.08 Å². The summed E-state index contributed by atoms with van der Waals surface area (Å²) >= 11 is 0. The van der Waals surface area contributed by atoms with Crippen LogP contribution < -0.4 is 5.73 Å². The van der Waals surface area contributed by atoms with Gasteiger partial charge in [-0.3, -0.25) is 18.6 Å². The molecule has 0 aliphatic heterocycles. The Morgan fingerprint density at radius 1 is 0.592 bits per heavy atom. The van der Waals surface area contributed by atoms with Gasteiger partial charge in [-0.2, -0.15) is 0 Å². The van der Waals surface area contributed by atoms with Gasteiger partial charge < -0.3 is 20.1 Å². The van der Waals surface area contributed by atoms with E-state index in [2.05, 4.69) is 19.9 Å². The summed E-state index contributed by atoms with van der Waals surface area (Å²) < 4.78 is 32.6. The van der Waals surface area contributed by atoms with Crippen molar-refractivity contribution >= 4 is 19.8 Å². The van der Waals surface area contributed by atoms with Gasteiger partial charge in [-0.15, -0.1) is 0 Å². The Hall–Kier alpha value is -1.25. The van der Waals surface area contributed by atoms with E-state index >= 15 is 0 Å².